The van der Waals surface area contributed by atoms with Crippen LogP contribution in [0.4, 0.5) is 4.39 Å². The van der Waals surface area contributed by atoms with E-state index in [2.05, 4.69) is 5.32 Å². The number of nitrogens with one attached hydrogen (secondary N) is 1. The minimum atomic E-state index is -0.301. The third-order valence-corrected chi connectivity index (χ3v) is 5.78. The van der Waals surface area contributed by atoms with E-state index in [1.54, 1.807) is 43.1 Å². The quantitative estimate of drug-likeness (QED) is 0.450. The molecule has 1 N–H and O–H groups in total. The number of methoxy groups -OCH3 is 1. The van der Waals surface area contributed by atoms with Gasteiger partial charge in [-0.15, -0.1) is 11.8 Å². The van der Waals surface area contributed by atoms with E-state index in [-0.39, 0.29) is 17.8 Å². The van der Waals surface area contributed by atoms with Crippen molar-refractivity contribution in [3.63, 3.8) is 0 Å². The second kappa shape index (κ2) is 9.81. The van der Waals surface area contributed by atoms with Crippen LogP contribution in [0, 0.1) is 5.82 Å². The number of amides is 1. The topological polar surface area (TPSA) is 38.3 Å². The maximum absolute atomic E-state index is 13.1. The van der Waals surface area contributed by atoms with Gasteiger partial charge in [-0.05, 0) is 67.1 Å². The Morgan fingerprint density at radius 3 is 2.45 bits per heavy atom. The van der Waals surface area contributed by atoms with Crippen LogP contribution >= 0.6 is 23.4 Å². The summed E-state index contributed by atoms with van der Waals surface area (Å²) in [4.78, 5) is 13.8. The first kappa shape index (κ1) is 21.2. The number of halogens is 2. The molecule has 6 heteroatoms. The molecule has 0 aliphatic heterocycles. The van der Waals surface area contributed by atoms with Gasteiger partial charge in [-0.1, -0.05) is 23.7 Å². The van der Waals surface area contributed by atoms with Gasteiger partial charge in [0, 0.05) is 26.8 Å². The van der Waals surface area contributed by atoms with E-state index in [0.717, 1.165) is 21.8 Å². The summed E-state index contributed by atoms with van der Waals surface area (Å²) in [5.41, 5.74) is 2.31. The van der Waals surface area contributed by atoms with E-state index in [1.165, 1.54) is 12.1 Å². The fourth-order valence-electron chi connectivity index (χ4n) is 2.84. The molecule has 0 saturated heterocycles. The molecule has 0 fully saturated rings. The maximum atomic E-state index is 13.1. The maximum Gasteiger partial charge on any atom is 0.251 e. The van der Waals surface area contributed by atoms with Crippen LogP contribution in [-0.2, 0) is 5.75 Å². The normalized spacial score (nSPS) is 11.7. The smallest absolute Gasteiger partial charge is 0.251 e. The minimum absolute atomic E-state index is 0.192. The van der Waals surface area contributed by atoms with E-state index in [1.807, 2.05) is 37.3 Å². The van der Waals surface area contributed by atoms with Crippen molar-refractivity contribution in [2.45, 2.75) is 23.6 Å². The van der Waals surface area contributed by atoms with Gasteiger partial charge in [0.1, 0.15) is 11.6 Å². The molecule has 0 spiro atoms. The summed E-state index contributed by atoms with van der Waals surface area (Å²) < 4.78 is 18.5. The van der Waals surface area contributed by atoms with Crippen LogP contribution in [0.15, 0.2) is 71.6 Å². The monoisotopic (exact) mass is 429 g/mol. The van der Waals surface area contributed by atoms with Crippen molar-refractivity contribution >= 4 is 29.3 Å². The Balaban J connectivity index is 1.71. The zero-order valence-corrected chi connectivity index (χ0v) is 17.7. The molecule has 0 heterocycles. The molecule has 29 heavy (non-hydrogen) atoms. The summed E-state index contributed by atoms with van der Waals surface area (Å²) in [5.74, 6) is 0.890. The van der Waals surface area contributed by atoms with E-state index < -0.39 is 0 Å². The third kappa shape index (κ3) is 5.75. The summed E-state index contributed by atoms with van der Waals surface area (Å²) >= 11 is 7.57. The molecule has 0 unspecified atom stereocenters. The Kier molecular flexibility index (Phi) is 7.18. The highest BCUT2D eigenvalue weighted by Gasteiger charge is 2.14. The number of carbonyl (C=O) groups is 1. The second-order valence-corrected chi connectivity index (χ2v) is 8.00. The highest BCUT2D eigenvalue weighted by atomic mass is 35.5. The summed E-state index contributed by atoms with van der Waals surface area (Å²) in [6.07, 6.45) is 0. The lowest BCUT2D eigenvalue weighted by Gasteiger charge is -2.16. The van der Waals surface area contributed by atoms with Crippen LogP contribution in [0.25, 0.3) is 0 Å². The molecule has 150 valence electrons. The fourth-order valence-corrected chi connectivity index (χ4v) is 3.84. The van der Waals surface area contributed by atoms with Crippen molar-refractivity contribution in [1.29, 1.82) is 0 Å². The first-order valence-corrected chi connectivity index (χ1v) is 10.4. The molecule has 0 aromatic heterocycles. The van der Waals surface area contributed by atoms with Crippen LogP contribution in [0.2, 0.25) is 5.02 Å². The largest absolute Gasteiger partial charge is 0.496 e. The number of hydrogen-bond acceptors (Lipinski definition) is 3. The van der Waals surface area contributed by atoms with E-state index in [4.69, 9.17) is 16.3 Å². The number of ether oxygens (including phenoxy) is 1. The Bertz CT molecular complexity index is 977. The van der Waals surface area contributed by atoms with E-state index in [0.29, 0.717) is 16.3 Å². The SMILES string of the molecule is COc1ccc(C(=O)N[C@@H](C)c2ccc(F)cc2)cc1CSc1ccc(Cl)cc1. The Labute approximate surface area is 179 Å². The van der Waals surface area contributed by atoms with Gasteiger partial charge in [0.25, 0.3) is 5.91 Å². The van der Waals surface area contributed by atoms with Gasteiger partial charge in [-0.25, -0.2) is 4.39 Å². The van der Waals surface area contributed by atoms with Gasteiger partial charge < -0.3 is 10.1 Å². The van der Waals surface area contributed by atoms with Gasteiger partial charge in [-0.2, -0.15) is 0 Å². The summed E-state index contributed by atoms with van der Waals surface area (Å²) in [6, 6.07) is 18.9. The van der Waals surface area contributed by atoms with Gasteiger partial charge in [0.05, 0.1) is 13.2 Å². The lowest BCUT2D eigenvalue weighted by Crippen LogP contribution is -2.26. The van der Waals surface area contributed by atoms with Crippen molar-refractivity contribution in [3.8, 4) is 5.75 Å². The lowest BCUT2D eigenvalue weighted by molar-refractivity contribution is 0.0939. The number of thioether (sulfide) groups is 1. The molecule has 0 aliphatic carbocycles. The van der Waals surface area contributed by atoms with Crippen LogP contribution in [0.3, 0.4) is 0 Å². The van der Waals surface area contributed by atoms with Crippen molar-refractivity contribution in [2.75, 3.05) is 7.11 Å². The number of hydrogen-bond donors (Lipinski definition) is 1. The molecule has 0 radical (unpaired) electrons. The average molecular weight is 430 g/mol. The highest BCUT2D eigenvalue weighted by molar-refractivity contribution is 7.98. The molecule has 0 saturated carbocycles. The molecule has 0 bridgehead atoms. The van der Waals surface area contributed by atoms with Gasteiger partial charge in [0.2, 0.25) is 0 Å². The Morgan fingerprint density at radius 1 is 1.10 bits per heavy atom. The average Bonchev–Trinajstić information content (AvgIpc) is 2.73. The van der Waals surface area contributed by atoms with Crippen LogP contribution in [0.1, 0.15) is 34.5 Å². The summed E-state index contributed by atoms with van der Waals surface area (Å²) in [6.45, 7) is 1.87. The van der Waals surface area contributed by atoms with Crippen LogP contribution < -0.4 is 10.1 Å². The number of rotatable bonds is 7. The van der Waals surface area contributed by atoms with Crippen molar-refractivity contribution in [3.05, 3.63) is 94.3 Å². The number of carbonyl (C=O) groups excluding carboxylic acids is 1. The second-order valence-electron chi connectivity index (χ2n) is 6.52. The predicted molar refractivity (Wildman–Crippen MR) is 116 cm³/mol. The Hall–Kier alpha value is -2.50. The molecular weight excluding hydrogens is 409 g/mol. The summed E-state index contributed by atoms with van der Waals surface area (Å²) in [7, 11) is 1.61. The molecule has 3 rings (SSSR count). The molecule has 0 aliphatic rings. The zero-order chi connectivity index (χ0) is 20.8. The standard InChI is InChI=1S/C23H21ClFNO2S/c1-15(16-3-8-20(25)9-4-16)26-23(27)17-5-12-22(28-2)18(13-17)14-29-21-10-6-19(24)7-11-21/h3-13,15H,14H2,1-2H3,(H,26,27)/t15-/m0/s1. The fraction of sp³-hybridized carbons (Fsp3) is 0.174. The Morgan fingerprint density at radius 2 is 1.79 bits per heavy atom. The van der Waals surface area contributed by atoms with Crippen LogP contribution in [-0.4, -0.2) is 13.0 Å². The van der Waals surface area contributed by atoms with Crippen LogP contribution in [0.5, 0.6) is 5.75 Å². The third-order valence-electron chi connectivity index (χ3n) is 4.47. The molecule has 1 atom stereocenters. The highest BCUT2D eigenvalue weighted by Crippen LogP contribution is 2.29. The zero-order valence-electron chi connectivity index (χ0n) is 16.1. The molecular formula is C23H21ClFNO2S. The minimum Gasteiger partial charge on any atom is -0.496 e. The first-order valence-electron chi connectivity index (χ1n) is 9.08. The molecule has 3 aromatic rings. The van der Waals surface area contributed by atoms with E-state index in [9.17, 15) is 9.18 Å². The molecule has 3 aromatic carbocycles. The van der Waals surface area contributed by atoms with E-state index >= 15 is 0 Å². The van der Waals surface area contributed by atoms with Crippen molar-refractivity contribution in [1.82, 2.24) is 5.32 Å². The van der Waals surface area contributed by atoms with Gasteiger partial charge >= 0.3 is 0 Å². The predicted octanol–water partition coefficient (Wildman–Crippen LogP) is 6.27. The van der Waals surface area contributed by atoms with Gasteiger partial charge in [-0.3, -0.25) is 4.79 Å². The molecule has 3 nitrogen and oxygen atoms in total. The lowest BCUT2D eigenvalue weighted by atomic mass is 10.1. The summed E-state index contributed by atoms with van der Waals surface area (Å²) in [5, 5.41) is 3.65. The first-order chi connectivity index (χ1) is 14.0. The van der Waals surface area contributed by atoms with Crippen molar-refractivity contribution < 1.29 is 13.9 Å². The number of benzene rings is 3. The van der Waals surface area contributed by atoms with Crippen molar-refractivity contribution in [2.24, 2.45) is 0 Å². The van der Waals surface area contributed by atoms with Gasteiger partial charge in [0.15, 0.2) is 0 Å². The molecule has 1 amide bonds.